The molecule has 0 radical (unpaired) electrons. The van der Waals surface area contributed by atoms with Crippen molar-refractivity contribution in [2.75, 3.05) is 6.26 Å². The van der Waals surface area contributed by atoms with Crippen molar-refractivity contribution in [3.05, 3.63) is 39.7 Å². The molecular formula is C12H16N2OS2. The summed E-state index contributed by atoms with van der Waals surface area (Å²) in [7, 11) is 0. The van der Waals surface area contributed by atoms with Gasteiger partial charge in [-0.3, -0.25) is 0 Å². The molecule has 0 aliphatic rings. The first-order chi connectivity index (χ1) is 8.28. The van der Waals surface area contributed by atoms with Crippen molar-refractivity contribution in [3.8, 4) is 0 Å². The summed E-state index contributed by atoms with van der Waals surface area (Å²) in [5.41, 5.74) is 1.10. The lowest BCUT2D eigenvalue weighted by Gasteiger charge is -1.99. The van der Waals surface area contributed by atoms with Crippen molar-refractivity contribution in [1.29, 1.82) is 0 Å². The van der Waals surface area contributed by atoms with Gasteiger partial charge in [0.2, 0.25) is 0 Å². The quantitative estimate of drug-likeness (QED) is 0.873. The lowest BCUT2D eigenvalue weighted by Crippen LogP contribution is -2.12. The first kappa shape index (κ1) is 12.7. The van der Waals surface area contributed by atoms with Gasteiger partial charge in [-0.25, -0.2) is 4.98 Å². The molecule has 17 heavy (non-hydrogen) atoms. The number of furan rings is 1. The van der Waals surface area contributed by atoms with Gasteiger partial charge in [-0.2, -0.15) is 11.8 Å². The average molecular weight is 268 g/mol. The van der Waals surface area contributed by atoms with Gasteiger partial charge in [0.05, 0.1) is 23.0 Å². The molecule has 2 heterocycles. The number of aromatic nitrogens is 1. The van der Waals surface area contributed by atoms with Crippen LogP contribution >= 0.6 is 23.1 Å². The minimum atomic E-state index is 0.755. The molecule has 0 bridgehead atoms. The van der Waals surface area contributed by atoms with E-state index in [9.17, 15) is 0 Å². The fourth-order valence-corrected chi connectivity index (χ4v) is 2.59. The lowest BCUT2D eigenvalue weighted by atomic mass is 10.4. The largest absolute Gasteiger partial charge is 0.464 e. The third-order valence-electron chi connectivity index (χ3n) is 2.28. The molecule has 3 nitrogen and oxygen atoms in total. The van der Waals surface area contributed by atoms with Crippen molar-refractivity contribution in [2.24, 2.45) is 0 Å². The zero-order valence-electron chi connectivity index (χ0n) is 10.0. The normalized spacial score (nSPS) is 10.9. The Bertz CT molecular complexity index is 465. The summed E-state index contributed by atoms with van der Waals surface area (Å²) in [4.78, 5) is 4.40. The Morgan fingerprint density at radius 2 is 2.18 bits per heavy atom. The van der Waals surface area contributed by atoms with Crippen LogP contribution in [0.4, 0.5) is 0 Å². The number of aryl methyl sites for hydroxylation is 1. The molecule has 0 aliphatic carbocycles. The summed E-state index contributed by atoms with van der Waals surface area (Å²) >= 11 is 3.45. The van der Waals surface area contributed by atoms with E-state index in [2.05, 4.69) is 21.9 Å². The van der Waals surface area contributed by atoms with Gasteiger partial charge in [0.25, 0.3) is 0 Å². The molecule has 0 amide bonds. The summed E-state index contributed by atoms with van der Waals surface area (Å²) in [5.74, 6) is 2.96. The van der Waals surface area contributed by atoms with Gasteiger partial charge >= 0.3 is 0 Å². The van der Waals surface area contributed by atoms with Gasteiger partial charge < -0.3 is 9.73 Å². The topological polar surface area (TPSA) is 38.1 Å². The molecule has 5 heteroatoms. The van der Waals surface area contributed by atoms with E-state index in [4.69, 9.17) is 4.42 Å². The number of nitrogens with one attached hydrogen (secondary N) is 1. The fraction of sp³-hybridized carbons (Fsp3) is 0.417. The molecule has 0 spiro atoms. The van der Waals surface area contributed by atoms with Crippen molar-refractivity contribution >= 4 is 23.1 Å². The Labute approximate surface area is 110 Å². The number of nitrogens with zero attached hydrogens (tertiary/aromatic N) is 1. The predicted molar refractivity (Wildman–Crippen MR) is 73.3 cm³/mol. The maximum Gasteiger partial charge on any atom is 0.118 e. The van der Waals surface area contributed by atoms with E-state index in [0.717, 1.165) is 41.1 Å². The molecule has 2 aromatic rings. The van der Waals surface area contributed by atoms with Crippen LogP contribution in [0.15, 0.2) is 21.9 Å². The van der Waals surface area contributed by atoms with Crippen LogP contribution in [-0.2, 0) is 18.8 Å². The summed E-state index contributed by atoms with van der Waals surface area (Å²) in [6.45, 7) is 3.57. The highest BCUT2D eigenvalue weighted by molar-refractivity contribution is 7.97. The molecule has 0 atom stereocenters. The van der Waals surface area contributed by atoms with Gasteiger partial charge in [-0.1, -0.05) is 0 Å². The molecule has 0 saturated carbocycles. The summed E-state index contributed by atoms with van der Waals surface area (Å²) in [5, 5.41) is 6.53. The Hall–Kier alpha value is -0.780. The first-order valence-electron chi connectivity index (χ1n) is 5.46. The maximum absolute atomic E-state index is 5.67. The molecule has 2 rings (SSSR count). The zero-order chi connectivity index (χ0) is 12.1. The zero-order valence-corrected chi connectivity index (χ0v) is 11.7. The molecule has 0 fully saturated rings. The number of hydrogen-bond donors (Lipinski definition) is 1. The summed E-state index contributed by atoms with van der Waals surface area (Å²) < 4.78 is 5.67. The Kier molecular flexibility index (Phi) is 4.65. The first-order valence-corrected chi connectivity index (χ1v) is 7.73. The van der Waals surface area contributed by atoms with Crippen molar-refractivity contribution in [2.45, 2.75) is 25.8 Å². The SMILES string of the molecule is CSCc1ccc(CNCc2csc(C)n2)o1. The van der Waals surface area contributed by atoms with E-state index >= 15 is 0 Å². The van der Waals surface area contributed by atoms with Crippen LogP contribution in [0.3, 0.4) is 0 Å². The molecular weight excluding hydrogens is 252 g/mol. The fourth-order valence-electron chi connectivity index (χ4n) is 1.54. The Morgan fingerprint density at radius 3 is 2.88 bits per heavy atom. The molecule has 92 valence electrons. The Balaban J connectivity index is 1.77. The Morgan fingerprint density at radius 1 is 1.35 bits per heavy atom. The predicted octanol–water partition coefficient (Wildman–Crippen LogP) is 3.20. The molecule has 0 aromatic carbocycles. The van der Waals surface area contributed by atoms with Gasteiger partial charge in [-0.15, -0.1) is 11.3 Å². The van der Waals surface area contributed by atoms with Gasteiger partial charge in [0.1, 0.15) is 11.5 Å². The van der Waals surface area contributed by atoms with Crippen LogP contribution < -0.4 is 5.32 Å². The monoisotopic (exact) mass is 268 g/mol. The van der Waals surface area contributed by atoms with Crippen LogP contribution in [-0.4, -0.2) is 11.2 Å². The minimum absolute atomic E-state index is 0.755. The van der Waals surface area contributed by atoms with Gasteiger partial charge in [0.15, 0.2) is 0 Å². The van der Waals surface area contributed by atoms with Crippen LogP contribution in [0.2, 0.25) is 0 Å². The maximum atomic E-state index is 5.67. The summed E-state index contributed by atoms with van der Waals surface area (Å²) in [6.07, 6.45) is 2.07. The molecule has 0 saturated heterocycles. The number of thiazole rings is 1. The average Bonchev–Trinajstić information content (AvgIpc) is 2.89. The van der Waals surface area contributed by atoms with Crippen molar-refractivity contribution in [1.82, 2.24) is 10.3 Å². The highest BCUT2D eigenvalue weighted by atomic mass is 32.2. The van der Waals surface area contributed by atoms with Gasteiger partial charge in [-0.05, 0) is 25.3 Å². The summed E-state index contributed by atoms with van der Waals surface area (Å²) in [6, 6.07) is 4.07. The van der Waals surface area contributed by atoms with E-state index in [1.165, 1.54) is 0 Å². The second-order valence-corrected chi connectivity index (χ2v) is 5.69. The van der Waals surface area contributed by atoms with Crippen LogP contribution in [0.1, 0.15) is 22.2 Å². The standard InChI is InChI=1S/C12H16N2OS2/c1-9-14-10(7-17-9)5-13-6-11-3-4-12(15-11)8-16-2/h3-4,7,13H,5-6,8H2,1-2H3. The third kappa shape index (κ3) is 3.87. The van der Waals surface area contributed by atoms with Crippen molar-refractivity contribution in [3.63, 3.8) is 0 Å². The van der Waals surface area contributed by atoms with E-state index in [-0.39, 0.29) is 0 Å². The van der Waals surface area contributed by atoms with E-state index in [1.807, 2.05) is 19.1 Å². The number of thioether (sulfide) groups is 1. The molecule has 0 aliphatic heterocycles. The smallest absolute Gasteiger partial charge is 0.118 e. The molecule has 2 aromatic heterocycles. The number of rotatable bonds is 6. The number of hydrogen-bond acceptors (Lipinski definition) is 5. The van der Waals surface area contributed by atoms with Crippen LogP contribution in [0.5, 0.6) is 0 Å². The second kappa shape index (κ2) is 6.23. The van der Waals surface area contributed by atoms with Crippen LogP contribution in [0, 0.1) is 6.92 Å². The molecule has 0 unspecified atom stereocenters. The molecule has 1 N–H and O–H groups in total. The third-order valence-corrected chi connectivity index (χ3v) is 3.67. The lowest BCUT2D eigenvalue weighted by molar-refractivity contribution is 0.458. The highest BCUT2D eigenvalue weighted by Gasteiger charge is 2.02. The van der Waals surface area contributed by atoms with Crippen LogP contribution in [0.25, 0.3) is 0 Å². The van der Waals surface area contributed by atoms with E-state index < -0.39 is 0 Å². The van der Waals surface area contributed by atoms with E-state index in [1.54, 1.807) is 23.1 Å². The minimum Gasteiger partial charge on any atom is -0.464 e. The van der Waals surface area contributed by atoms with Crippen molar-refractivity contribution < 1.29 is 4.42 Å². The van der Waals surface area contributed by atoms with E-state index in [0.29, 0.717) is 0 Å². The van der Waals surface area contributed by atoms with Gasteiger partial charge in [0, 0.05) is 11.9 Å². The second-order valence-electron chi connectivity index (χ2n) is 3.76. The highest BCUT2D eigenvalue weighted by Crippen LogP contribution is 2.13.